The highest BCUT2D eigenvalue weighted by Gasteiger charge is 2.32. The molecule has 6 N–H and O–H groups in total. The van der Waals surface area contributed by atoms with Crippen molar-refractivity contribution >= 4 is 45.8 Å². The van der Waals surface area contributed by atoms with Gasteiger partial charge in [0, 0.05) is 48.8 Å². The van der Waals surface area contributed by atoms with Gasteiger partial charge in [-0.2, -0.15) is 0 Å². The average Bonchev–Trinajstić information content (AvgIpc) is 2.92. The van der Waals surface area contributed by atoms with E-state index in [1.54, 1.807) is 12.1 Å². The second-order valence-electron chi connectivity index (χ2n) is 9.84. The van der Waals surface area contributed by atoms with Gasteiger partial charge in [0.2, 0.25) is 5.91 Å². The van der Waals surface area contributed by atoms with Crippen LogP contribution < -0.4 is 21.9 Å². The summed E-state index contributed by atoms with van der Waals surface area (Å²) in [6.45, 7) is 3.88. The van der Waals surface area contributed by atoms with Crippen molar-refractivity contribution < 1.29 is 9.53 Å². The molecule has 2 atom stereocenters. The van der Waals surface area contributed by atoms with Crippen molar-refractivity contribution in [1.82, 2.24) is 9.80 Å². The summed E-state index contributed by atoms with van der Waals surface area (Å²) in [6, 6.07) is 18.9. The Morgan fingerprint density at radius 2 is 1.85 bits per heavy atom. The lowest BCUT2D eigenvalue weighted by Gasteiger charge is -2.42. The number of fused-ring (bicyclic) bond motifs is 1. The van der Waals surface area contributed by atoms with E-state index in [0.29, 0.717) is 36.2 Å². The van der Waals surface area contributed by atoms with Crippen LogP contribution in [0.1, 0.15) is 18.4 Å². The number of carbonyl (C=O) groups excluding carboxylic acids is 1. The molecular weight excluding hydrogens is 535 g/mol. The summed E-state index contributed by atoms with van der Waals surface area (Å²) in [7, 11) is 0. The topological polar surface area (TPSA) is 123 Å². The number of rotatable bonds is 11. The first-order valence-corrected chi connectivity index (χ1v) is 13.9. The lowest BCUT2D eigenvalue weighted by Crippen LogP contribution is -2.59. The van der Waals surface area contributed by atoms with Gasteiger partial charge in [-0.1, -0.05) is 59.6 Å². The van der Waals surface area contributed by atoms with Gasteiger partial charge in [0.25, 0.3) is 0 Å². The van der Waals surface area contributed by atoms with Gasteiger partial charge in [0.05, 0.1) is 6.04 Å². The summed E-state index contributed by atoms with van der Waals surface area (Å²) in [5, 5.41) is 3.39. The molecule has 0 unspecified atom stereocenters. The number of nitrogens with two attached hydrogens (primary N) is 3. The smallest absolute Gasteiger partial charge is 0.240 e. The fourth-order valence-corrected chi connectivity index (χ4v) is 5.45. The fourth-order valence-electron chi connectivity index (χ4n) is 4.97. The number of benzene rings is 3. The molecule has 0 aliphatic carbocycles. The molecule has 1 saturated heterocycles. The van der Waals surface area contributed by atoms with Crippen molar-refractivity contribution in [2.24, 2.45) is 22.2 Å². The minimum atomic E-state index is -0.702. The molecule has 1 heterocycles. The molecule has 0 aromatic heterocycles. The average molecular weight is 572 g/mol. The third-order valence-corrected chi connectivity index (χ3v) is 7.60. The zero-order valence-electron chi connectivity index (χ0n) is 21.9. The summed E-state index contributed by atoms with van der Waals surface area (Å²) in [5.74, 6) is 0.837. The van der Waals surface area contributed by atoms with Gasteiger partial charge < -0.3 is 26.8 Å². The first kappa shape index (κ1) is 29.0. The number of hydrogen-bond acceptors (Lipinski definition) is 5. The monoisotopic (exact) mass is 570 g/mol. The molecule has 3 aromatic rings. The van der Waals surface area contributed by atoms with E-state index < -0.39 is 6.04 Å². The Morgan fingerprint density at radius 1 is 1.05 bits per heavy atom. The van der Waals surface area contributed by atoms with Crippen molar-refractivity contribution in [3.63, 3.8) is 0 Å². The maximum Gasteiger partial charge on any atom is 0.240 e. The first-order chi connectivity index (χ1) is 18.8. The second kappa shape index (κ2) is 13.8. The van der Waals surface area contributed by atoms with Crippen LogP contribution in [0.5, 0.6) is 5.75 Å². The Hall–Kier alpha value is -3.04. The van der Waals surface area contributed by atoms with Gasteiger partial charge in [-0.05, 0) is 59.9 Å². The molecule has 0 saturated carbocycles. The number of aliphatic imine (C=N–C) groups is 1. The molecule has 0 radical (unpaired) electrons. The van der Waals surface area contributed by atoms with Gasteiger partial charge in [-0.3, -0.25) is 14.7 Å². The predicted molar refractivity (Wildman–Crippen MR) is 159 cm³/mol. The molecule has 1 aliphatic heterocycles. The Bertz CT molecular complexity index is 1300. The van der Waals surface area contributed by atoms with E-state index in [9.17, 15) is 4.79 Å². The number of carbonyl (C=O) groups is 1. The van der Waals surface area contributed by atoms with Crippen molar-refractivity contribution in [2.75, 3.05) is 39.3 Å². The third-order valence-electron chi connectivity index (χ3n) is 7.01. The number of amides is 1. The van der Waals surface area contributed by atoms with E-state index >= 15 is 0 Å². The third kappa shape index (κ3) is 8.22. The van der Waals surface area contributed by atoms with Crippen LogP contribution in [-0.2, 0) is 11.2 Å². The van der Waals surface area contributed by atoms with E-state index in [1.807, 2.05) is 29.2 Å². The van der Waals surface area contributed by atoms with Crippen molar-refractivity contribution in [3.05, 3.63) is 76.3 Å². The number of nitrogens with zero attached hydrogens (tertiary/aromatic N) is 3. The van der Waals surface area contributed by atoms with Crippen molar-refractivity contribution in [2.45, 2.75) is 31.3 Å². The highest BCUT2D eigenvalue weighted by atomic mass is 35.5. The quantitative estimate of drug-likeness (QED) is 0.183. The zero-order chi connectivity index (χ0) is 27.8. The molecule has 1 amide bonds. The molecular formula is C29H36Cl2N6O2. The minimum Gasteiger partial charge on any atom is -0.492 e. The van der Waals surface area contributed by atoms with E-state index in [1.165, 1.54) is 5.39 Å². The molecule has 0 bridgehead atoms. The number of halogens is 2. The largest absolute Gasteiger partial charge is 0.492 e. The molecule has 1 fully saturated rings. The van der Waals surface area contributed by atoms with Gasteiger partial charge in [-0.15, -0.1) is 0 Å². The van der Waals surface area contributed by atoms with Gasteiger partial charge >= 0.3 is 0 Å². The van der Waals surface area contributed by atoms with Crippen molar-refractivity contribution in [1.29, 1.82) is 0 Å². The van der Waals surface area contributed by atoms with Crippen molar-refractivity contribution in [3.8, 4) is 5.75 Å². The van der Waals surface area contributed by atoms with Crippen LogP contribution in [-0.4, -0.2) is 73.1 Å². The van der Waals surface area contributed by atoms with E-state index in [4.69, 9.17) is 45.1 Å². The van der Waals surface area contributed by atoms with Crippen LogP contribution in [0, 0.1) is 0 Å². The Labute approximate surface area is 239 Å². The van der Waals surface area contributed by atoms with Crippen LogP contribution in [0.2, 0.25) is 10.0 Å². The fraction of sp³-hybridized carbons (Fsp3) is 0.379. The first-order valence-electron chi connectivity index (χ1n) is 13.2. The van der Waals surface area contributed by atoms with Crippen LogP contribution in [0.4, 0.5) is 0 Å². The minimum absolute atomic E-state index is 0.00661. The number of guanidine groups is 1. The summed E-state index contributed by atoms with van der Waals surface area (Å²) >= 11 is 12.3. The highest BCUT2D eigenvalue weighted by Crippen LogP contribution is 2.24. The number of ether oxygens (including phenoxy) is 1. The summed E-state index contributed by atoms with van der Waals surface area (Å²) in [5.41, 5.74) is 18.2. The maximum absolute atomic E-state index is 13.5. The zero-order valence-corrected chi connectivity index (χ0v) is 23.5. The summed E-state index contributed by atoms with van der Waals surface area (Å²) in [4.78, 5) is 21.8. The molecule has 4 rings (SSSR count). The number of piperazine rings is 1. The van der Waals surface area contributed by atoms with Gasteiger partial charge in [0.15, 0.2) is 5.96 Å². The summed E-state index contributed by atoms with van der Waals surface area (Å²) in [6.07, 6.45) is 1.86. The van der Waals surface area contributed by atoms with E-state index in [0.717, 1.165) is 49.2 Å². The number of hydrogen-bond donors (Lipinski definition) is 3. The van der Waals surface area contributed by atoms with Gasteiger partial charge in [-0.25, -0.2) is 0 Å². The van der Waals surface area contributed by atoms with E-state index in [-0.39, 0.29) is 17.9 Å². The highest BCUT2D eigenvalue weighted by molar-refractivity contribution is 6.35. The van der Waals surface area contributed by atoms with Crippen LogP contribution >= 0.6 is 23.2 Å². The molecule has 1 aliphatic rings. The van der Waals surface area contributed by atoms with Crippen LogP contribution in [0.25, 0.3) is 10.8 Å². The lowest BCUT2D eigenvalue weighted by atomic mass is 10.0. The molecule has 8 nitrogen and oxygen atoms in total. The Balaban J connectivity index is 1.35. The molecule has 0 spiro atoms. The molecule has 3 aromatic carbocycles. The SMILES string of the molecule is NC(N)=NCCC[C@H]1CN(CCOc2ccc3ccccc3c2)CCN1C(=O)[C@@H](N)Cc1ccc(Cl)cc1Cl. The predicted octanol–water partition coefficient (Wildman–Crippen LogP) is 3.66. The van der Waals surface area contributed by atoms with Gasteiger partial charge in [0.1, 0.15) is 12.4 Å². The lowest BCUT2D eigenvalue weighted by molar-refractivity contribution is -0.137. The molecule has 39 heavy (non-hydrogen) atoms. The van der Waals surface area contributed by atoms with E-state index in [2.05, 4.69) is 34.2 Å². The van der Waals surface area contributed by atoms with Crippen LogP contribution in [0.3, 0.4) is 0 Å². The Morgan fingerprint density at radius 3 is 2.62 bits per heavy atom. The Kier molecular flexibility index (Phi) is 10.3. The molecule has 208 valence electrons. The normalized spacial score (nSPS) is 16.7. The summed E-state index contributed by atoms with van der Waals surface area (Å²) < 4.78 is 6.07. The second-order valence-corrected chi connectivity index (χ2v) is 10.7. The maximum atomic E-state index is 13.5. The van der Waals surface area contributed by atoms with Crippen LogP contribution in [0.15, 0.2) is 65.7 Å². The standard InChI is InChI=1S/C29H36Cl2N6O2/c30-23-9-7-22(26(31)18-23)17-27(32)28(38)37-13-12-36(19-24(37)6-3-11-35-29(33)34)14-15-39-25-10-8-20-4-1-2-5-21(20)16-25/h1-2,4-5,7-10,16,18,24,27H,3,6,11-15,17,19,32H2,(H4,33,34,35)/t24-,27-/m0/s1. The molecule has 10 heteroatoms.